The molecule has 0 aromatic heterocycles. The van der Waals surface area contributed by atoms with Gasteiger partial charge < -0.3 is 29.3 Å². The average molecular weight is 642 g/mol. The fourth-order valence-corrected chi connectivity index (χ4v) is 10.4. The van der Waals surface area contributed by atoms with Gasteiger partial charge >= 0.3 is 0 Å². The van der Waals surface area contributed by atoms with Crippen molar-refractivity contribution in [2.24, 2.45) is 5.92 Å². The predicted octanol–water partition coefficient (Wildman–Crippen LogP) is 4.57. The normalized spacial score (nSPS) is 24.2. The topological polar surface area (TPSA) is 111 Å². The van der Waals surface area contributed by atoms with Crippen LogP contribution < -0.4 is 9.80 Å². The van der Waals surface area contributed by atoms with Gasteiger partial charge in [-0.2, -0.15) is 0 Å². The van der Waals surface area contributed by atoms with Crippen molar-refractivity contribution in [2.75, 3.05) is 29.5 Å². The molecule has 2 saturated heterocycles. The Kier molecular flexibility index (Phi) is 8.91. The third-order valence-corrected chi connectivity index (χ3v) is 12.3. The monoisotopic (exact) mass is 641 g/mol. The van der Waals surface area contributed by atoms with E-state index in [9.17, 15) is 24.3 Å². The Morgan fingerprint density at radius 1 is 1.02 bits per heavy atom. The maximum Gasteiger partial charge on any atom is 0.264 e. The molecular formula is C36H43N3O6Si. The standard InChI is InChI=1S/C36H43N3O6Si/c1-25-34(46(2,3)44)31(22-33(42)37(19-20-40)23-26-11-5-4-6-12-26)45-36(25)29-15-7-8-16-30(29)39(35(36)43)24-27-13-9-14-28(21-27)38-18-10-17-32(38)41/h4-9,11-16,21,25,31,34,40,44H,10,17-20,22-24H2,1-3H3/t25-,31+,34-,36+/m1/s1. The number of nitrogens with zero attached hydrogens (tertiary/aromatic N) is 3. The van der Waals surface area contributed by atoms with Crippen molar-refractivity contribution in [2.45, 2.75) is 69.6 Å². The van der Waals surface area contributed by atoms with E-state index in [1.807, 2.05) is 98.9 Å². The molecule has 9 nitrogen and oxygen atoms in total. The molecule has 2 N–H and O–H groups in total. The summed E-state index contributed by atoms with van der Waals surface area (Å²) in [5.41, 5.74) is 2.40. The molecule has 0 bridgehead atoms. The summed E-state index contributed by atoms with van der Waals surface area (Å²) in [5, 5.41) is 9.77. The molecule has 46 heavy (non-hydrogen) atoms. The predicted molar refractivity (Wildman–Crippen MR) is 178 cm³/mol. The lowest BCUT2D eigenvalue weighted by atomic mass is 9.82. The Morgan fingerprint density at radius 2 is 1.74 bits per heavy atom. The summed E-state index contributed by atoms with van der Waals surface area (Å²) < 4.78 is 6.86. The molecule has 0 unspecified atom stereocenters. The number of hydrogen-bond donors (Lipinski definition) is 2. The van der Waals surface area contributed by atoms with Gasteiger partial charge in [-0.1, -0.05) is 67.6 Å². The van der Waals surface area contributed by atoms with Crippen LogP contribution >= 0.6 is 0 Å². The van der Waals surface area contributed by atoms with Crippen LogP contribution in [0.3, 0.4) is 0 Å². The van der Waals surface area contributed by atoms with E-state index in [0.29, 0.717) is 26.1 Å². The molecule has 6 rings (SSSR count). The van der Waals surface area contributed by atoms with E-state index >= 15 is 0 Å². The molecule has 0 aliphatic carbocycles. The quantitative estimate of drug-likeness (QED) is 0.314. The number of anilines is 2. The Balaban J connectivity index is 1.31. The molecule has 3 heterocycles. The second-order valence-corrected chi connectivity index (χ2v) is 17.3. The summed E-state index contributed by atoms with van der Waals surface area (Å²) in [7, 11) is -2.97. The Bertz CT molecular complexity index is 1610. The van der Waals surface area contributed by atoms with E-state index in [0.717, 1.165) is 34.5 Å². The number of para-hydroxylation sites is 1. The average Bonchev–Trinajstić information content (AvgIpc) is 3.66. The highest BCUT2D eigenvalue weighted by atomic mass is 28.4. The zero-order chi connectivity index (χ0) is 32.6. The first kappa shape index (κ1) is 32.1. The van der Waals surface area contributed by atoms with Gasteiger partial charge in [0, 0.05) is 48.8 Å². The lowest BCUT2D eigenvalue weighted by Crippen LogP contribution is -2.46. The molecule has 4 atom stereocenters. The molecule has 3 amide bonds. The molecule has 3 aliphatic rings. The van der Waals surface area contributed by atoms with E-state index in [4.69, 9.17) is 4.74 Å². The minimum Gasteiger partial charge on any atom is -0.432 e. The molecule has 3 aromatic carbocycles. The molecule has 1 spiro atoms. The summed E-state index contributed by atoms with van der Waals surface area (Å²) in [6.45, 7) is 6.97. The number of amides is 3. The van der Waals surface area contributed by atoms with E-state index in [2.05, 4.69) is 0 Å². The fraction of sp³-hybridized carbons (Fsp3) is 0.417. The van der Waals surface area contributed by atoms with Gasteiger partial charge in [-0.3, -0.25) is 14.4 Å². The number of rotatable bonds is 10. The van der Waals surface area contributed by atoms with Crippen molar-refractivity contribution in [1.29, 1.82) is 0 Å². The summed E-state index contributed by atoms with van der Waals surface area (Å²) in [4.78, 5) is 57.7. The Morgan fingerprint density at radius 3 is 2.43 bits per heavy atom. The lowest BCUT2D eigenvalue weighted by Gasteiger charge is -2.32. The first-order chi connectivity index (χ1) is 22.0. The summed E-state index contributed by atoms with van der Waals surface area (Å²) in [5.74, 6) is -0.696. The van der Waals surface area contributed by atoms with Crippen LogP contribution in [0.15, 0.2) is 78.9 Å². The zero-order valence-electron chi connectivity index (χ0n) is 26.8. The third-order valence-electron chi connectivity index (χ3n) is 9.84. The second kappa shape index (κ2) is 12.8. The molecule has 10 heteroatoms. The van der Waals surface area contributed by atoms with E-state index in [-0.39, 0.29) is 37.3 Å². The number of carbonyl (C=O) groups is 3. The molecule has 2 fully saturated rings. The molecule has 0 radical (unpaired) electrons. The van der Waals surface area contributed by atoms with Crippen LogP contribution in [0.1, 0.15) is 42.9 Å². The van der Waals surface area contributed by atoms with E-state index < -0.39 is 31.5 Å². The van der Waals surface area contributed by atoms with E-state index in [1.54, 1.807) is 14.7 Å². The summed E-state index contributed by atoms with van der Waals surface area (Å²) in [6.07, 6.45) is 0.673. The van der Waals surface area contributed by atoms with Crippen LogP contribution in [0.25, 0.3) is 0 Å². The smallest absolute Gasteiger partial charge is 0.264 e. The highest BCUT2D eigenvalue weighted by Gasteiger charge is 2.66. The van der Waals surface area contributed by atoms with Gasteiger partial charge in [-0.05, 0) is 48.8 Å². The molecule has 0 saturated carbocycles. The number of hydrogen-bond acceptors (Lipinski definition) is 6. The van der Waals surface area contributed by atoms with Crippen LogP contribution in [-0.4, -0.2) is 66.6 Å². The third kappa shape index (κ3) is 5.79. The largest absolute Gasteiger partial charge is 0.432 e. The van der Waals surface area contributed by atoms with Gasteiger partial charge in [0.15, 0.2) is 13.9 Å². The van der Waals surface area contributed by atoms with Crippen LogP contribution in [0.2, 0.25) is 18.6 Å². The van der Waals surface area contributed by atoms with Gasteiger partial charge in [0.1, 0.15) is 0 Å². The molecule has 3 aliphatic heterocycles. The highest BCUT2D eigenvalue weighted by molar-refractivity contribution is 6.71. The van der Waals surface area contributed by atoms with Crippen LogP contribution in [0.5, 0.6) is 0 Å². The Labute approximate surface area is 271 Å². The number of ether oxygens (including phenoxy) is 1. The van der Waals surface area contributed by atoms with Crippen LogP contribution in [-0.2, 0) is 37.8 Å². The minimum atomic E-state index is -2.97. The van der Waals surface area contributed by atoms with Gasteiger partial charge in [0.25, 0.3) is 5.91 Å². The first-order valence-corrected chi connectivity index (χ1v) is 19.2. The SMILES string of the molecule is C[C@@H]1[C@@H]([Si](C)(C)O)[C@H](CC(=O)N(CCO)Cc2ccccc2)O[C@@]12C(=O)N(Cc1cccc(N3CCCC3=O)c1)c1ccccc12. The first-order valence-electron chi connectivity index (χ1n) is 16.2. The number of benzene rings is 3. The van der Waals surface area contributed by atoms with Crippen molar-refractivity contribution in [3.63, 3.8) is 0 Å². The van der Waals surface area contributed by atoms with Crippen LogP contribution in [0.4, 0.5) is 11.4 Å². The number of carbonyl (C=O) groups excluding carboxylic acids is 3. The van der Waals surface area contributed by atoms with Crippen molar-refractivity contribution in [3.8, 4) is 0 Å². The maximum atomic E-state index is 14.7. The second-order valence-electron chi connectivity index (χ2n) is 13.3. The van der Waals surface area contributed by atoms with Crippen molar-refractivity contribution in [1.82, 2.24) is 4.90 Å². The van der Waals surface area contributed by atoms with Gasteiger partial charge in [0.2, 0.25) is 11.8 Å². The van der Waals surface area contributed by atoms with Crippen molar-refractivity contribution >= 4 is 37.4 Å². The summed E-state index contributed by atoms with van der Waals surface area (Å²) in [6, 6.07) is 25.0. The zero-order valence-corrected chi connectivity index (χ0v) is 27.8. The number of fused-ring (bicyclic) bond motifs is 2. The molecule has 3 aromatic rings. The lowest BCUT2D eigenvalue weighted by molar-refractivity contribution is -0.150. The highest BCUT2D eigenvalue weighted by Crippen LogP contribution is 2.59. The Hall–Kier alpha value is -3.83. The van der Waals surface area contributed by atoms with Gasteiger partial charge in [-0.15, -0.1) is 0 Å². The van der Waals surface area contributed by atoms with Gasteiger partial charge in [-0.25, -0.2) is 0 Å². The minimum absolute atomic E-state index is 0.0120. The number of aliphatic hydroxyl groups excluding tert-OH is 1. The molecular weight excluding hydrogens is 598 g/mol. The fourth-order valence-electron chi connectivity index (χ4n) is 7.83. The van der Waals surface area contributed by atoms with Crippen molar-refractivity contribution in [3.05, 3.63) is 95.6 Å². The summed E-state index contributed by atoms with van der Waals surface area (Å²) >= 11 is 0. The van der Waals surface area contributed by atoms with Gasteiger partial charge in [0.05, 0.1) is 31.4 Å². The molecule has 242 valence electrons. The number of aliphatic hydroxyl groups is 1. The van der Waals surface area contributed by atoms with Crippen molar-refractivity contribution < 1.29 is 29.0 Å². The maximum absolute atomic E-state index is 14.7. The van der Waals surface area contributed by atoms with E-state index in [1.165, 1.54) is 0 Å². The van der Waals surface area contributed by atoms with Crippen LogP contribution in [0, 0.1) is 5.92 Å².